The lowest BCUT2D eigenvalue weighted by atomic mass is 9.93. The molecule has 3 rings (SSSR count). The summed E-state index contributed by atoms with van der Waals surface area (Å²) in [6, 6.07) is 3.76. The Labute approximate surface area is 122 Å². The zero-order chi connectivity index (χ0) is 14.2. The van der Waals surface area contributed by atoms with E-state index in [0.29, 0.717) is 24.1 Å². The van der Waals surface area contributed by atoms with Crippen LogP contribution in [0, 0.1) is 17.2 Å². The molecule has 1 N–H and O–H groups in total. The first-order valence-electron chi connectivity index (χ1n) is 8.11. The lowest BCUT2D eigenvalue weighted by Crippen LogP contribution is -2.50. The molecule has 112 valence electrons. The predicted octanol–water partition coefficient (Wildman–Crippen LogP) is 1.91. The van der Waals surface area contributed by atoms with Gasteiger partial charge in [-0.15, -0.1) is 0 Å². The van der Waals surface area contributed by atoms with Gasteiger partial charge in [-0.05, 0) is 51.0 Å². The second-order valence-corrected chi connectivity index (χ2v) is 7.04. The third-order valence-corrected chi connectivity index (χ3v) is 5.50. The molecule has 1 aliphatic heterocycles. The zero-order valence-electron chi connectivity index (χ0n) is 12.8. The van der Waals surface area contributed by atoms with Crippen molar-refractivity contribution in [3.63, 3.8) is 0 Å². The van der Waals surface area contributed by atoms with E-state index < -0.39 is 0 Å². The fourth-order valence-electron chi connectivity index (χ4n) is 3.91. The molecular formula is C16H27N3O. The Hall–Kier alpha value is -0.630. The van der Waals surface area contributed by atoms with Gasteiger partial charge in [-0.3, -0.25) is 10.2 Å². The first-order valence-corrected chi connectivity index (χ1v) is 8.11. The molecule has 4 unspecified atom stereocenters. The largest absolute Gasteiger partial charge is 0.380 e. The average molecular weight is 277 g/mol. The second-order valence-electron chi connectivity index (χ2n) is 7.04. The molecule has 2 saturated carbocycles. The van der Waals surface area contributed by atoms with Crippen molar-refractivity contribution < 1.29 is 4.74 Å². The number of nitriles is 1. The standard InChI is InChI=1S/C16H27N3O/c1-12-6-8-19(10-15(12)20-2)14-5-7-16(9-14,11-17)18-13-3-4-13/h12-15,18H,3-10H2,1-2H3. The number of methoxy groups -OCH3 is 1. The van der Waals surface area contributed by atoms with Crippen molar-refractivity contribution in [3.05, 3.63) is 0 Å². The van der Waals surface area contributed by atoms with Crippen LogP contribution in [0.2, 0.25) is 0 Å². The Morgan fingerprint density at radius 2 is 2.10 bits per heavy atom. The maximum absolute atomic E-state index is 9.59. The number of nitrogens with zero attached hydrogens (tertiary/aromatic N) is 2. The highest BCUT2D eigenvalue weighted by Crippen LogP contribution is 2.37. The van der Waals surface area contributed by atoms with E-state index in [-0.39, 0.29) is 5.54 Å². The van der Waals surface area contributed by atoms with Crippen molar-refractivity contribution in [2.45, 2.75) is 69.2 Å². The quantitative estimate of drug-likeness (QED) is 0.853. The predicted molar refractivity (Wildman–Crippen MR) is 78.3 cm³/mol. The summed E-state index contributed by atoms with van der Waals surface area (Å²) < 4.78 is 5.62. The van der Waals surface area contributed by atoms with Gasteiger partial charge < -0.3 is 4.74 Å². The lowest BCUT2D eigenvalue weighted by Gasteiger charge is -2.39. The summed E-state index contributed by atoms with van der Waals surface area (Å²) >= 11 is 0. The molecule has 4 atom stereocenters. The summed E-state index contributed by atoms with van der Waals surface area (Å²) in [6.45, 7) is 4.48. The monoisotopic (exact) mass is 277 g/mol. The van der Waals surface area contributed by atoms with Crippen LogP contribution in [0.15, 0.2) is 0 Å². The number of hydrogen-bond acceptors (Lipinski definition) is 4. The minimum atomic E-state index is -0.253. The first-order chi connectivity index (χ1) is 9.65. The van der Waals surface area contributed by atoms with Gasteiger partial charge >= 0.3 is 0 Å². The van der Waals surface area contributed by atoms with E-state index in [1.807, 2.05) is 7.11 Å². The summed E-state index contributed by atoms with van der Waals surface area (Å²) in [5, 5.41) is 13.2. The summed E-state index contributed by atoms with van der Waals surface area (Å²) in [4.78, 5) is 2.57. The van der Waals surface area contributed by atoms with E-state index in [1.165, 1.54) is 19.3 Å². The summed E-state index contributed by atoms with van der Waals surface area (Å²) in [5.74, 6) is 0.656. The molecular weight excluding hydrogens is 250 g/mol. The van der Waals surface area contributed by atoms with Crippen molar-refractivity contribution in [3.8, 4) is 6.07 Å². The average Bonchev–Trinajstić information content (AvgIpc) is 3.17. The summed E-state index contributed by atoms with van der Waals surface area (Å²) in [6.07, 6.45) is 7.22. The van der Waals surface area contributed by atoms with E-state index in [2.05, 4.69) is 23.2 Å². The van der Waals surface area contributed by atoms with Crippen LogP contribution in [-0.2, 0) is 4.74 Å². The number of hydrogen-bond donors (Lipinski definition) is 1. The molecule has 0 aromatic rings. The smallest absolute Gasteiger partial charge is 0.108 e. The highest BCUT2D eigenvalue weighted by atomic mass is 16.5. The molecule has 4 heteroatoms. The Morgan fingerprint density at radius 1 is 1.30 bits per heavy atom. The molecule has 0 bridgehead atoms. The molecule has 1 heterocycles. The van der Waals surface area contributed by atoms with Crippen LogP contribution >= 0.6 is 0 Å². The van der Waals surface area contributed by atoms with E-state index in [4.69, 9.17) is 4.74 Å². The van der Waals surface area contributed by atoms with E-state index in [1.54, 1.807) is 0 Å². The van der Waals surface area contributed by atoms with Gasteiger partial charge in [0.05, 0.1) is 12.2 Å². The first kappa shape index (κ1) is 14.3. The molecule has 4 nitrogen and oxygen atoms in total. The minimum absolute atomic E-state index is 0.253. The van der Waals surface area contributed by atoms with Gasteiger partial charge in [0.2, 0.25) is 0 Å². The number of ether oxygens (including phenoxy) is 1. The van der Waals surface area contributed by atoms with Gasteiger partial charge in [-0.25, -0.2) is 0 Å². The fraction of sp³-hybridized carbons (Fsp3) is 0.938. The summed E-state index contributed by atoms with van der Waals surface area (Å²) in [5.41, 5.74) is -0.253. The molecule has 0 aromatic heterocycles. The van der Waals surface area contributed by atoms with Crippen molar-refractivity contribution in [1.82, 2.24) is 10.2 Å². The Bertz CT molecular complexity index is 390. The van der Waals surface area contributed by atoms with Crippen LogP contribution in [0.3, 0.4) is 0 Å². The lowest BCUT2D eigenvalue weighted by molar-refractivity contribution is -0.0187. The number of rotatable bonds is 4. The molecule has 20 heavy (non-hydrogen) atoms. The van der Waals surface area contributed by atoms with Crippen LogP contribution in [0.25, 0.3) is 0 Å². The number of likely N-dealkylation sites (tertiary alicyclic amines) is 1. The van der Waals surface area contributed by atoms with Crippen LogP contribution in [0.4, 0.5) is 0 Å². The zero-order valence-corrected chi connectivity index (χ0v) is 12.8. The molecule has 0 spiro atoms. The molecule has 0 amide bonds. The highest BCUT2D eigenvalue weighted by Gasteiger charge is 2.45. The van der Waals surface area contributed by atoms with Crippen LogP contribution in [-0.4, -0.2) is 48.8 Å². The molecule has 0 radical (unpaired) electrons. The van der Waals surface area contributed by atoms with Crippen LogP contribution in [0.1, 0.15) is 45.4 Å². The minimum Gasteiger partial charge on any atom is -0.380 e. The topological polar surface area (TPSA) is 48.3 Å². The van der Waals surface area contributed by atoms with Crippen molar-refractivity contribution in [2.75, 3.05) is 20.2 Å². The second kappa shape index (κ2) is 5.63. The Morgan fingerprint density at radius 3 is 2.75 bits per heavy atom. The SMILES string of the molecule is COC1CN(C2CCC(C#N)(NC3CC3)C2)CCC1C. The highest BCUT2D eigenvalue weighted by molar-refractivity contribution is 5.15. The third kappa shape index (κ3) is 2.86. The Kier molecular flexibility index (Phi) is 4.03. The van der Waals surface area contributed by atoms with E-state index >= 15 is 0 Å². The normalized spacial score (nSPS) is 42.5. The molecule has 0 aromatic carbocycles. The van der Waals surface area contributed by atoms with Crippen LogP contribution in [0.5, 0.6) is 0 Å². The fourth-order valence-corrected chi connectivity index (χ4v) is 3.91. The third-order valence-electron chi connectivity index (χ3n) is 5.50. The van der Waals surface area contributed by atoms with E-state index in [0.717, 1.165) is 32.4 Å². The maximum atomic E-state index is 9.59. The van der Waals surface area contributed by atoms with E-state index in [9.17, 15) is 5.26 Å². The Balaban J connectivity index is 1.60. The number of piperidine rings is 1. The van der Waals surface area contributed by atoms with Crippen molar-refractivity contribution >= 4 is 0 Å². The van der Waals surface area contributed by atoms with Gasteiger partial charge in [-0.2, -0.15) is 5.26 Å². The molecule has 2 aliphatic carbocycles. The van der Waals surface area contributed by atoms with Gasteiger partial charge in [-0.1, -0.05) is 6.92 Å². The summed E-state index contributed by atoms with van der Waals surface area (Å²) in [7, 11) is 1.83. The van der Waals surface area contributed by atoms with Gasteiger partial charge in [0.25, 0.3) is 0 Å². The van der Waals surface area contributed by atoms with Gasteiger partial charge in [0.15, 0.2) is 0 Å². The molecule has 1 saturated heterocycles. The van der Waals surface area contributed by atoms with Crippen molar-refractivity contribution in [1.29, 1.82) is 5.26 Å². The van der Waals surface area contributed by atoms with Gasteiger partial charge in [0, 0.05) is 25.7 Å². The van der Waals surface area contributed by atoms with Crippen molar-refractivity contribution in [2.24, 2.45) is 5.92 Å². The number of nitrogens with one attached hydrogen (secondary N) is 1. The maximum Gasteiger partial charge on any atom is 0.108 e. The van der Waals surface area contributed by atoms with Gasteiger partial charge in [0.1, 0.15) is 5.54 Å². The molecule has 3 fully saturated rings. The molecule has 3 aliphatic rings. The van der Waals surface area contributed by atoms with Crippen LogP contribution < -0.4 is 5.32 Å².